The molecule has 6 nitrogen and oxygen atoms in total. The number of hydrogen-bond acceptors (Lipinski definition) is 4. The van der Waals surface area contributed by atoms with E-state index in [4.69, 9.17) is 16.3 Å². The summed E-state index contributed by atoms with van der Waals surface area (Å²) >= 11 is 5.85. The van der Waals surface area contributed by atoms with Gasteiger partial charge in [-0.3, -0.25) is 4.79 Å². The lowest BCUT2D eigenvalue weighted by molar-refractivity contribution is -0.126. The molecule has 1 N–H and O–H groups in total. The third-order valence-electron chi connectivity index (χ3n) is 4.88. The second-order valence-electron chi connectivity index (χ2n) is 6.84. The molecule has 1 heterocycles. The number of sulfonamides is 1. The maximum Gasteiger partial charge on any atom is 0.246 e. The van der Waals surface area contributed by atoms with Crippen LogP contribution in [-0.4, -0.2) is 38.8 Å². The molecule has 9 heteroatoms. The van der Waals surface area contributed by atoms with Crippen molar-refractivity contribution in [3.8, 4) is 5.75 Å². The van der Waals surface area contributed by atoms with Crippen molar-refractivity contribution in [3.63, 3.8) is 0 Å². The first-order valence-corrected chi connectivity index (χ1v) is 11.0. The number of carbonyl (C=O) groups excluding carboxylic acids is 1. The molecule has 1 saturated heterocycles. The van der Waals surface area contributed by atoms with E-state index >= 15 is 0 Å². The van der Waals surface area contributed by atoms with Crippen molar-refractivity contribution in [2.24, 2.45) is 5.92 Å². The minimum Gasteiger partial charge on any atom is -0.495 e. The molecular weight excluding hydrogens is 419 g/mol. The van der Waals surface area contributed by atoms with Gasteiger partial charge in [0.2, 0.25) is 15.9 Å². The predicted octanol–water partition coefficient (Wildman–Crippen LogP) is 3.20. The van der Waals surface area contributed by atoms with Crippen molar-refractivity contribution in [3.05, 3.63) is 58.9 Å². The quantitative estimate of drug-likeness (QED) is 0.748. The van der Waals surface area contributed by atoms with Crippen molar-refractivity contribution >= 4 is 27.5 Å². The van der Waals surface area contributed by atoms with Gasteiger partial charge in [0.1, 0.15) is 16.5 Å². The number of piperidine rings is 1. The number of methoxy groups -OCH3 is 1. The highest BCUT2D eigenvalue weighted by molar-refractivity contribution is 7.89. The summed E-state index contributed by atoms with van der Waals surface area (Å²) in [4.78, 5) is 12.3. The highest BCUT2D eigenvalue weighted by Gasteiger charge is 2.35. The summed E-state index contributed by atoms with van der Waals surface area (Å²) in [5, 5.41) is 3.46. The number of rotatable bonds is 6. The first-order chi connectivity index (χ1) is 13.8. The Morgan fingerprint density at radius 3 is 2.69 bits per heavy atom. The summed E-state index contributed by atoms with van der Waals surface area (Å²) in [7, 11) is -2.66. The summed E-state index contributed by atoms with van der Waals surface area (Å²) in [6.45, 7) is 0.633. The van der Waals surface area contributed by atoms with Gasteiger partial charge in [-0.1, -0.05) is 23.7 Å². The van der Waals surface area contributed by atoms with E-state index in [0.29, 0.717) is 24.4 Å². The molecule has 1 aliphatic rings. The fourth-order valence-electron chi connectivity index (χ4n) is 3.30. The largest absolute Gasteiger partial charge is 0.495 e. The first kappa shape index (κ1) is 21.5. The maximum absolute atomic E-state index is 13.7. The first-order valence-electron chi connectivity index (χ1n) is 9.17. The molecule has 2 aromatic rings. The van der Waals surface area contributed by atoms with Gasteiger partial charge in [-0.05, 0) is 48.7 Å². The monoisotopic (exact) mass is 440 g/mol. The summed E-state index contributed by atoms with van der Waals surface area (Å²) in [6.07, 6.45) is 1.12. The highest BCUT2D eigenvalue weighted by atomic mass is 35.5. The number of halogens is 2. The van der Waals surface area contributed by atoms with E-state index in [1.165, 1.54) is 17.5 Å². The van der Waals surface area contributed by atoms with Gasteiger partial charge in [-0.15, -0.1) is 0 Å². The number of amides is 1. The van der Waals surface area contributed by atoms with E-state index in [2.05, 4.69) is 5.32 Å². The average Bonchev–Trinajstić information content (AvgIpc) is 2.73. The zero-order chi connectivity index (χ0) is 21.0. The number of carbonyl (C=O) groups is 1. The van der Waals surface area contributed by atoms with Gasteiger partial charge in [0.15, 0.2) is 0 Å². The van der Waals surface area contributed by atoms with Crippen molar-refractivity contribution in [2.75, 3.05) is 20.2 Å². The van der Waals surface area contributed by atoms with Gasteiger partial charge in [-0.25, -0.2) is 12.8 Å². The molecule has 0 bridgehead atoms. The van der Waals surface area contributed by atoms with Gasteiger partial charge >= 0.3 is 0 Å². The molecular formula is C20H22ClFN2O4S. The van der Waals surface area contributed by atoms with Crippen molar-refractivity contribution in [1.29, 1.82) is 0 Å². The Bertz CT molecular complexity index is 982. The second-order valence-corrected chi connectivity index (χ2v) is 9.18. The molecule has 0 aromatic heterocycles. The third kappa shape index (κ3) is 5.07. The Morgan fingerprint density at radius 2 is 2.00 bits per heavy atom. The molecule has 156 valence electrons. The summed E-state index contributed by atoms with van der Waals surface area (Å²) in [5.74, 6) is -1.30. The Morgan fingerprint density at radius 1 is 1.28 bits per heavy atom. The molecule has 29 heavy (non-hydrogen) atoms. The molecule has 0 radical (unpaired) electrons. The average molecular weight is 441 g/mol. The number of benzene rings is 2. The van der Waals surface area contributed by atoms with Crippen LogP contribution in [0.15, 0.2) is 47.4 Å². The van der Waals surface area contributed by atoms with E-state index in [1.807, 2.05) is 12.1 Å². The number of hydrogen-bond donors (Lipinski definition) is 1. The van der Waals surface area contributed by atoms with Gasteiger partial charge < -0.3 is 10.1 Å². The normalized spacial score (nSPS) is 17.7. The Kier molecular flexibility index (Phi) is 6.77. The maximum atomic E-state index is 13.7. The van der Waals surface area contributed by atoms with Gasteiger partial charge in [-0.2, -0.15) is 4.31 Å². The standard InChI is InChI=1S/C20H22ClFN2O4S/c1-28-18-9-8-17(22)11-19(18)29(26,27)24-10-2-3-15(13-24)20(25)23-12-14-4-6-16(21)7-5-14/h4-9,11,15H,2-3,10,12-13H2,1H3,(H,23,25)/t15-/m0/s1. The lowest BCUT2D eigenvalue weighted by atomic mass is 9.99. The van der Waals surface area contributed by atoms with Crippen molar-refractivity contribution in [2.45, 2.75) is 24.3 Å². The molecule has 1 atom stereocenters. The molecule has 1 fully saturated rings. The Balaban J connectivity index is 1.70. The number of nitrogens with one attached hydrogen (secondary N) is 1. The van der Waals surface area contributed by atoms with Gasteiger partial charge in [0.05, 0.1) is 13.0 Å². The van der Waals surface area contributed by atoms with E-state index < -0.39 is 21.8 Å². The van der Waals surface area contributed by atoms with Crippen LogP contribution in [0.4, 0.5) is 4.39 Å². The SMILES string of the molecule is COc1ccc(F)cc1S(=O)(=O)N1CCC[C@H](C(=O)NCc2ccc(Cl)cc2)C1. The van der Waals surface area contributed by atoms with E-state index in [0.717, 1.165) is 17.7 Å². The fourth-order valence-corrected chi connectivity index (χ4v) is 5.12. The van der Waals surface area contributed by atoms with Crippen LogP contribution < -0.4 is 10.1 Å². The second kappa shape index (κ2) is 9.11. The molecule has 2 aromatic carbocycles. The van der Waals surface area contributed by atoms with E-state index in [1.54, 1.807) is 12.1 Å². The van der Waals surface area contributed by atoms with Crippen LogP contribution >= 0.6 is 11.6 Å². The van der Waals surface area contributed by atoms with Crippen LogP contribution in [0.1, 0.15) is 18.4 Å². The van der Waals surface area contributed by atoms with Crippen LogP contribution in [0, 0.1) is 11.7 Å². The molecule has 0 saturated carbocycles. The molecule has 1 amide bonds. The molecule has 1 aliphatic heterocycles. The van der Waals surface area contributed by atoms with E-state index in [-0.39, 0.29) is 29.6 Å². The minimum absolute atomic E-state index is 0.0362. The summed E-state index contributed by atoms with van der Waals surface area (Å²) < 4.78 is 46.0. The Hall–Kier alpha value is -2.16. The van der Waals surface area contributed by atoms with Crippen LogP contribution in [0.25, 0.3) is 0 Å². The smallest absolute Gasteiger partial charge is 0.246 e. The predicted molar refractivity (Wildman–Crippen MR) is 108 cm³/mol. The van der Waals surface area contributed by atoms with Crippen molar-refractivity contribution in [1.82, 2.24) is 9.62 Å². The zero-order valence-electron chi connectivity index (χ0n) is 15.9. The summed E-state index contributed by atoms with van der Waals surface area (Å²) in [6, 6.07) is 10.5. The van der Waals surface area contributed by atoms with Gasteiger partial charge in [0.25, 0.3) is 0 Å². The zero-order valence-corrected chi connectivity index (χ0v) is 17.5. The lowest BCUT2D eigenvalue weighted by Gasteiger charge is -2.31. The highest BCUT2D eigenvalue weighted by Crippen LogP contribution is 2.30. The third-order valence-corrected chi connectivity index (χ3v) is 7.02. The molecule has 0 spiro atoms. The number of nitrogens with zero attached hydrogens (tertiary/aromatic N) is 1. The lowest BCUT2D eigenvalue weighted by Crippen LogP contribution is -2.45. The summed E-state index contributed by atoms with van der Waals surface area (Å²) in [5.41, 5.74) is 0.896. The molecule has 0 aliphatic carbocycles. The fraction of sp³-hybridized carbons (Fsp3) is 0.350. The van der Waals surface area contributed by atoms with Crippen LogP contribution in [0.3, 0.4) is 0 Å². The van der Waals surface area contributed by atoms with Gasteiger partial charge in [0, 0.05) is 24.7 Å². The van der Waals surface area contributed by atoms with Crippen LogP contribution in [0.5, 0.6) is 5.75 Å². The number of ether oxygens (including phenoxy) is 1. The Labute approximate surface area is 174 Å². The van der Waals surface area contributed by atoms with Crippen LogP contribution in [0.2, 0.25) is 5.02 Å². The van der Waals surface area contributed by atoms with Crippen LogP contribution in [-0.2, 0) is 21.4 Å². The molecule has 3 rings (SSSR count). The van der Waals surface area contributed by atoms with Crippen molar-refractivity contribution < 1.29 is 22.3 Å². The van der Waals surface area contributed by atoms with E-state index in [9.17, 15) is 17.6 Å². The molecule has 0 unspecified atom stereocenters. The topological polar surface area (TPSA) is 75.7 Å². The minimum atomic E-state index is -3.99.